The van der Waals surface area contributed by atoms with Gasteiger partial charge in [-0.1, -0.05) is 23.2 Å². The Morgan fingerprint density at radius 2 is 2.18 bits per heavy atom. The van der Waals surface area contributed by atoms with Gasteiger partial charge in [0.2, 0.25) is 0 Å². The minimum atomic E-state index is -0.0922. The Hall–Kier alpha value is 0.0500. The predicted molar refractivity (Wildman–Crippen MR) is 73.3 cm³/mol. The van der Waals surface area contributed by atoms with E-state index in [4.69, 9.17) is 39.5 Å². The van der Waals surface area contributed by atoms with Crippen molar-refractivity contribution in [3.63, 3.8) is 0 Å². The summed E-state index contributed by atoms with van der Waals surface area (Å²) in [7, 11) is 0. The molecular weight excluding hydrogens is 279 g/mol. The molecule has 0 amide bonds. The van der Waals surface area contributed by atoms with Crippen LogP contribution in [0.4, 0.5) is 0 Å². The highest BCUT2D eigenvalue weighted by Crippen LogP contribution is 2.34. The standard InChI is InChI=1S/C13H15Cl3O/c14-9-3-5-12(15)11(8-9)13(16)6-4-10-2-1-7-17-10/h3,5,8,10,13H,1-2,4,6-7H2. The highest BCUT2D eigenvalue weighted by molar-refractivity contribution is 6.34. The number of hydrogen-bond donors (Lipinski definition) is 0. The Morgan fingerprint density at radius 1 is 1.35 bits per heavy atom. The molecule has 0 bridgehead atoms. The highest BCUT2D eigenvalue weighted by Gasteiger charge is 2.19. The van der Waals surface area contributed by atoms with E-state index in [9.17, 15) is 0 Å². The SMILES string of the molecule is Clc1ccc(Cl)c(C(Cl)CCC2CCCO2)c1. The average Bonchev–Trinajstić information content (AvgIpc) is 2.82. The second-order valence-corrected chi connectivity index (χ2v) is 5.72. The maximum Gasteiger partial charge on any atom is 0.0601 e. The molecule has 1 saturated heterocycles. The molecule has 2 unspecified atom stereocenters. The fourth-order valence-corrected chi connectivity index (χ4v) is 2.91. The molecule has 4 heteroatoms. The second kappa shape index (κ2) is 6.29. The van der Waals surface area contributed by atoms with Gasteiger partial charge in [0.25, 0.3) is 0 Å². The first-order chi connectivity index (χ1) is 8.16. The first-order valence-corrected chi connectivity index (χ1v) is 7.06. The van der Waals surface area contributed by atoms with Gasteiger partial charge in [-0.3, -0.25) is 0 Å². The van der Waals surface area contributed by atoms with E-state index in [1.165, 1.54) is 0 Å². The number of rotatable bonds is 4. The van der Waals surface area contributed by atoms with Crippen LogP contribution in [0, 0.1) is 0 Å². The van der Waals surface area contributed by atoms with Crippen LogP contribution in [0.2, 0.25) is 10.0 Å². The number of hydrogen-bond acceptors (Lipinski definition) is 1. The molecule has 1 aliphatic heterocycles. The lowest BCUT2D eigenvalue weighted by atomic mass is 10.0. The van der Waals surface area contributed by atoms with Gasteiger partial charge in [-0.2, -0.15) is 0 Å². The van der Waals surface area contributed by atoms with Crippen LogP contribution in [0.15, 0.2) is 18.2 Å². The molecule has 1 aliphatic rings. The molecule has 1 aromatic carbocycles. The maximum atomic E-state index is 6.36. The van der Waals surface area contributed by atoms with Crippen molar-refractivity contribution in [2.45, 2.75) is 37.2 Å². The summed E-state index contributed by atoms with van der Waals surface area (Å²) in [5.41, 5.74) is 0.916. The van der Waals surface area contributed by atoms with E-state index >= 15 is 0 Å². The molecule has 0 spiro atoms. The minimum Gasteiger partial charge on any atom is -0.378 e. The summed E-state index contributed by atoms with van der Waals surface area (Å²) in [4.78, 5) is 0. The summed E-state index contributed by atoms with van der Waals surface area (Å²) in [5, 5.41) is 1.26. The summed E-state index contributed by atoms with van der Waals surface area (Å²) >= 11 is 18.4. The predicted octanol–water partition coefficient (Wildman–Crippen LogP) is 5.23. The molecule has 2 atom stereocenters. The number of ether oxygens (including phenoxy) is 1. The third-order valence-corrected chi connectivity index (χ3v) is 4.09. The number of halogens is 3. The van der Waals surface area contributed by atoms with E-state index in [2.05, 4.69) is 0 Å². The third-order valence-electron chi connectivity index (χ3n) is 3.06. The molecule has 1 heterocycles. The number of alkyl halides is 1. The lowest BCUT2D eigenvalue weighted by molar-refractivity contribution is 0.102. The lowest BCUT2D eigenvalue weighted by Crippen LogP contribution is -2.06. The van der Waals surface area contributed by atoms with Gasteiger partial charge in [-0.05, 0) is 49.4 Å². The molecule has 0 aliphatic carbocycles. The molecule has 1 nitrogen and oxygen atoms in total. The number of benzene rings is 1. The van der Waals surface area contributed by atoms with Crippen molar-refractivity contribution in [3.8, 4) is 0 Å². The Kier molecular flexibility index (Phi) is 4.98. The minimum absolute atomic E-state index is 0.0922. The molecule has 0 saturated carbocycles. The zero-order valence-corrected chi connectivity index (χ0v) is 11.7. The average molecular weight is 294 g/mol. The third kappa shape index (κ3) is 3.75. The van der Waals surface area contributed by atoms with Crippen LogP contribution < -0.4 is 0 Å². The van der Waals surface area contributed by atoms with Gasteiger partial charge < -0.3 is 4.74 Å². The van der Waals surface area contributed by atoms with E-state index in [1.54, 1.807) is 12.1 Å². The van der Waals surface area contributed by atoms with Gasteiger partial charge in [0, 0.05) is 16.7 Å². The van der Waals surface area contributed by atoms with Crippen molar-refractivity contribution in [1.82, 2.24) is 0 Å². The maximum absolute atomic E-state index is 6.36. The van der Waals surface area contributed by atoms with E-state index < -0.39 is 0 Å². The van der Waals surface area contributed by atoms with Gasteiger partial charge in [0.15, 0.2) is 0 Å². The van der Waals surface area contributed by atoms with Crippen molar-refractivity contribution < 1.29 is 4.74 Å². The summed E-state index contributed by atoms with van der Waals surface area (Å²) in [6.07, 6.45) is 4.53. The monoisotopic (exact) mass is 292 g/mol. The molecular formula is C13H15Cl3O. The summed E-state index contributed by atoms with van der Waals surface area (Å²) in [5.74, 6) is 0. The smallest absolute Gasteiger partial charge is 0.0601 e. The molecule has 17 heavy (non-hydrogen) atoms. The van der Waals surface area contributed by atoms with Crippen LogP contribution in [0.3, 0.4) is 0 Å². The summed E-state index contributed by atoms with van der Waals surface area (Å²) < 4.78 is 5.58. The van der Waals surface area contributed by atoms with Crippen molar-refractivity contribution >= 4 is 34.8 Å². The zero-order chi connectivity index (χ0) is 12.3. The fraction of sp³-hybridized carbons (Fsp3) is 0.538. The van der Waals surface area contributed by atoms with Gasteiger partial charge in [-0.25, -0.2) is 0 Å². The normalized spacial score (nSPS) is 21.7. The summed E-state index contributed by atoms with van der Waals surface area (Å²) in [6, 6.07) is 5.41. The van der Waals surface area contributed by atoms with Crippen LogP contribution >= 0.6 is 34.8 Å². The largest absolute Gasteiger partial charge is 0.378 e. The quantitative estimate of drug-likeness (QED) is 0.690. The van der Waals surface area contributed by atoms with Crippen molar-refractivity contribution in [1.29, 1.82) is 0 Å². The molecule has 2 rings (SSSR count). The molecule has 1 fully saturated rings. The van der Waals surface area contributed by atoms with Crippen LogP contribution in [0.25, 0.3) is 0 Å². The Labute approximate surface area is 117 Å². The van der Waals surface area contributed by atoms with E-state index in [0.717, 1.165) is 37.9 Å². The van der Waals surface area contributed by atoms with Crippen LogP contribution in [-0.2, 0) is 4.74 Å². The van der Waals surface area contributed by atoms with E-state index in [0.29, 0.717) is 16.1 Å². The zero-order valence-electron chi connectivity index (χ0n) is 9.46. The Balaban J connectivity index is 1.93. The van der Waals surface area contributed by atoms with Gasteiger partial charge in [0.1, 0.15) is 0 Å². The van der Waals surface area contributed by atoms with Crippen LogP contribution in [0.5, 0.6) is 0 Å². The first-order valence-electron chi connectivity index (χ1n) is 5.87. The van der Waals surface area contributed by atoms with E-state index in [-0.39, 0.29) is 5.38 Å². The topological polar surface area (TPSA) is 9.23 Å². The van der Waals surface area contributed by atoms with Crippen molar-refractivity contribution in [3.05, 3.63) is 33.8 Å². The lowest BCUT2D eigenvalue weighted by Gasteiger charge is -2.14. The van der Waals surface area contributed by atoms with E-state index in [1.807, 2.05) is 6.07 Å². The Bertz CT molecular complexity index is 375. The highest BCUT2D eigenvalue weighted by atomic mass is 35.5. The summed E-state index contributed by atoms with van der Waals surface area (Å²) in [6.45, 7) is 0.884. The molecule has 1 aromatic rings. The fourth-order valence-electron chi connectivity index (χ4n) is 2.11. The first kappa shape index (κ1) is 13.5. The Morgan fingerprint density at radius 3 is 2.88 bits per heavy atom. The molecule has 94 valence electrons. The van der Waals surface area contributed by atoms with Crippen molar-refractivity contribution in [2.24, 2.45) is 0 Å². The molecule has 0 aromatic heterocycles. The molecule has 0 radical (unpaired) electrons. The van der Waals surface area contributed by atoms with Gasteiger partial charge in [-0.15, -0.1) is 11.6 Å². The van der Waals surface area contributed by atoms with Gasteiger partial charge in [0.05, 0.1) is 11.5 Å². The van der Waals surface area contributed by atoms with Crippen LogP contribution in [-0.4, -0.2) is 12.7 Å². The molecule has 0 N–H and O–H groups in total. The van der Waals surface area contributed by atoms with Crippen molar-refractivity contribution in [2.75, 3.05) is 6.61 Å². The van der Waals surface area contributed by atoms with Crippen LogP contribution in [0.1, 0.15) is 36.6 Å². The van der Waals surface area contributed by atoms with Gasteiger partial charge >= 0.3 is 0 Å². The second-order valence-electron chi connectivity index (χ2n) is 4.35.